The summed E-state index contributed by atoms with van der Waals surface area (Å²) in [4.78, 5) is 10.3. The summed E-state index contributed by atoms with van der Waals surface area (Å²) in [7, 11) is 3.66. The molecule has 1 aromatic heterocycles. The molecule has 0 aliphatic carbocycles. The van der Waals surface area contributed by atoms with E-state index in [-0.39, 0.29) is 0 Å². The molecule has 0 amide bonds. The summed E-state index contributed by atoms with van der Waals surface area (Å²) in [5.74, 6) is 1.74. The van der Waals surface area contributed by atoms with Gasteiger partial charge in [0.1, 0.15) is 17.9 Å². The van der Waals surface area contributed by atoms with E-state index < -0.39 is 0 Å². The van der Waals surface area contributed by atoms with Crippen molar-refractivity contribution < 1.29 is 4.74 Å². The molecule has 2 rings (SSSR count). The number of benzene rings is 1. The quantitative estimate of drug-likeness (QED) is 0.870. The highest BCUT2D eigenvalue weighted by atomic mass is 79.9. The van der Waals surface area contributed by atoms with E-state index in [1.807, 2.05) is 31.3 Å². The number of anilines is 1. The van der Waals surface area contributed by atoms with Crippen LogP contribution in [0.5, 0.6) is 5.75 Å². The van der Waals surface area contributed by atoms with Crippen LogP contribution in [-0.2, 0) is 6.54 Å². The van der Waals surface area contributed by atoms with E-state index in [4.69, 9.17) is 4.74 Å². The van der Waals surface area contributed by atoms with Crippen LogP contribution in [-0.4, -0.2) is 24.1 Å². The molecule has 4 nitrogen and oxygen atoms in total. The van der Waals surface area contributed by atoms with Crippen molar-refractivity contribution in [2.24, 2.45) is 0 Å². The number of halogens is 1. The average molecular weight is 308 g/mol. The molecule has 0 bridgehead atoms. The molecule has 0 spiro atoms. The average Bonchev–Trinajstić information content (AvgIpc) is 2.40. The maximum atomic E-state index is 5.14. The topological polar surface area (TPSA) is 38.2 Å². The first-order valence-corrected chi connectivity index (χ1v) is 6.29. The first-order chi connectivity index (χ1) is 8.70. The van der Waals surface area contributed by atoms with Gasteiger partial charge < -0.3 is 9.64 Å². The highest BCUT2D eigenvalue weighted by Gasteiger charge is 2.07. The largest absolute Gasteiger partial charge is 0.497 e. The van der Waals surface area contributed by atoms with Crippen LogP contribution < -0.4 is 9.64 Å². The maximum absolute atomic E-state index is 5.14. The van der Waals surface area contributed by atoms with Crippen LogP contribution >= 0.6 is 15.9 Å². The van der Waals surface area contributed by atoms with Crippen molar-refractivity contribution in [3.8, 4) is 5.75 Å². The minimum atomic E-state index is 0.777. The zero-order valence-corrected chi connectivity index (χ0v) is 11.9. The highest BCUT2D eigenvalue weighted by Crippen LogP contribution is 2.22. The number of hydrogen-bond donors (Lipinski definition) is 0. The van der Waals surface area contributed by atoms with Crippen molar-refractivity contribution >= 4 is 21.7 Å². The van der Waals surface area contributed by atoms with Crippen LogP contribution in [0.2, 0.25) is 0 Å². The van der Waals surface area contributed by atoms with Gasteiger partial charge in [0.15, 0.2) is 0 Å². The summed E-state index contributed by atoms with van der Waals surface area (Å²) in [5, 5.41) is 0. The Kier molecular flexibility index (Phi) is 4.15. The second kappa shape index (κ2) is 5.82. The van der Waals surface area contributed by atoms with Crippen LogP contribution in [0.3, 0.4) is 0 Å². The van der Waals surface area contributed by atoms with Crippen LogP contribution in [0.4, 0.5) is 5.82 Å². The Hall–Kier alpha value is -1.62. The fourth-order valence-corrected chi connectivity index (χ4v) is 2.19. The Bertz CT molecular complexity index is 516. The van der Waals surface area contributed by atoms with Crippen molar-refractivity contribution in [3.63, 3.8) is 0 Å². The monoisotopic (exact) mass is 307 g/mol. The molecule has 1 heterocycles. The first kappa shape index (κ1) is 12.8. The van der Waals surface area contributed by atoms with E-state index in [1.165, 1.54) is 5.56 Å². The molecule has 0 aliphatic rings. The van der Waals surface area contributed by atoms with Gasteiger partial charge in [0.25, 0.3) is 0 Å². The van der Waals surface area contributed by atoms with Gasteiger partial charge in [-0.3, -0.25) is 0 Å². The van der Waals surface area contributed by atoms with Crippen LogP contribution in [0, 0.1) is 0 Å². The molecule has 18 heavy (non-hydrogen) atoms. The number of ether oxygens (including phenoxy) is 1. The molecule has 2 aromatic rings. The third-order valence-corrected chi connectivity index (χ3v) is 3.15. The van der Waals surface area contributed by atoms with Gasteiger partial charge in [0.2, 0.25) is 0 Å². The summed E-state index contributed by atoms with van der Waals surface area (Å²) >= 11 is 3.45. The minimum absolute atomic E-state index is 0.777. The Morgan fingerprint density at radius 3 is 2.61 bits per heavy atom. The van der Waals surface area contributed by atoms with Gasteiger partial charge in [-0.25, -0.2) is 9.97 Å². The lowest BCUT2D eigenvalue weighted by atomic mass is 10.2. The van der Waals surface area contributed by atoms with Crippen LogP contribution in [0.25, 0.3) is 0 Å². The Morgan fingerprint density at radius 2 is 2.00 bits per heavy atom. The van der Waals surface area contributed by atoms with Crippen LogP contribution in [0.1, 0.15) is 5.56 Å². The predicted octanol–water partition coefficient (Wildman–Crippen LogP) is 2.88. The minimum Gasteiger partial charge on any atom is -0.497 e. The zero-order chi connectivity index (χ0) is 13.0. The number of nitrogens with zero attached hydrogens (tertiary/aromatic N) is 3. The van der Waals surface area contributed by atoms with Crippen molar-refractivity contribution in [2.45, 2.75) is 6.54 Å². The molecular formula is C13H14BrN3O. The van der Waals surface area contributed by atoms with E-state index in [1.54, 1.807) is 19.6 Å². The molecule has 0 unspecified atom stereocenters. The summed E-state index contributed by atoms with van der Waals surface area (Å²) in [6.45, 7) is 0.777. The van der Waals surface area contributed by atoms with E-state index >= 15 is 0 Å². The fraction of sp³-hybridized carbons (Fsp3) is 0.231. The summed E-state index contributed by atoms with van der Waals surface area (Å²) < 4.78 is 6.03. The van der Waals surface area contributed by atoms with Crippen molar-refractivity contribution in [1.82, 2.24) is 9.97 Å². The molecule has 0 fully saturated rings. The van der Waals surface area contributed by atoms with Gasteiger partial charge in [-0.1, -0.05) is 12.1 Å². The summed E-state index contributed by atoms with van der Waals surface area (Å²) in [6, 6.07) is 8.01. The van der Waals surface area contributed by atoms with Crippen molar-refractivity contribution in [2.75, 3.05) is 19.1 Å². The number of rotatable bonds is 4. The van der Waals surface area contributed by atoms with Gasteiger partial charge >= 0.3 is 0 Å². The molecular weight excluding hydrogens is 294 g/mol. The molecule has 0 atom stereocenters. The first-order valence-electron chi connectivity index (χ1n) is 5.50. The van der Waals surface area contributed by atoms with E-state index in [9.17, 15) is 0 Å². The Labute approximate surface area is 115 Å². The molecule has 0 radical (unpaired) electrons. The van der Waals surface area contributed by atoms with E-state index in [2.05, 4.69) is 30.8 Å². The van der Waals surface area contributed by atoms with Crippen LogP contribution in [0.15, 0.2) is 41.3 Å². The summed E-state index contributed by atoms with van der Waals surface area (Å²) in [5.41, 5.74) is 1.20. The van der Waals surface area contributed by atoms with E-state index in [0.29, 0.717) is 0 Å². The lowest BCUT2D eigenvalue weighted by Crippen LogP contribution is -2.18. The number of hydrogen-bond acceptors (Lipinski definition) is 4. The molecule has 94 valence electrons. The SMILES string of the molecule is COc1ccc(CN(C)c2ncncc2Br)cc1. The fourth-order valence-electron chi connectivity index (χ4n) is 1.67. The third kappa shape index (κ3) is 2.98. The summed E-state index contributed by atoms with van der Waals surface area (Å²) in [6.07, 6.45) is 3.29. The van der Waals surface area contributed by atoms with Gasteiger partial charge in [-0.15, -0.1) is 0 Å². The molecule has 5 heteroatoms. The van der Waals surface area contributed by atoms with Crippen molar-refractivity contribution in [1.29, 1.82) is 0 Å². The smallest absolute Gasteiger partial charge is 0.146 e. The molecule has 0 N–H and O–H groups in total. The molecule has 0 saturated heterocycles. The Morgan fingerprint density at radius 1 is 1.28 bits per heavy atom. The molecule has 0 saturated carbocycles. The number of aromatic nitrogens is 2. The maximum Gasteiger partial charge on any atom is 0.146 e. The van der Waals surface area contributed by atoms with Gasteiger partial charge in [-0.05, 0) is 33.6 Å². The van der Waals surface area contributed by atoms with Crippen molar-refractivity contribution in [3.05, 3.63) is 46.8 Å². The lowest BCUT2D eigenvalue weighted by Gasteiger charge is -2.19. The normalized spacial score (nSPS) is 10.2. The van der Waals surface area contributed by atoms with Gasteiger partial charge in [-0.2, -0.15) is 0 Å². The van der Waals surface area contributed by atoms with Gasteiger partial charge in [0, 0.05) is 19.8 Å². The standard InChI is InChI=1S/C13H14BrN3O/c1-17(13-12(14)7-15-9-16-13)8-10-3-5-11(18-2)6-4-10/h3-7,9H,8H2,1-2H3. The molecule has 0 aliphatic heterocycles. The highest BCUT2D eigenvalue weighted by molar-refractivity contribution is 9.10. The van der Waals surface area contributed by atoms with E-state index in [0.717, 1.165) is 22.6 Å². The lowest BCUT2D eigenvalue weighted by molar-refractivity contribution is 0.414. The third-order valence-electron chi connectivity index (χ3n) is 2.59. The van der Waals surface area contributed by atoms with Gasteiger partial charge in [0.05, 0.1) is 11.6 Å². The number of methoxy groups -OCH3 is 1. The zero-order valence-electron chi connectivity index (χ0n) is 10.3. The predicted molar refractivity (Wildman–Crippen MR) is 74.8 cm³/mol. The second-order valence-electron chi connectivity index (χ2n) is 3.90. The second-order valence-corrected chi connectivity index (χ2v) is 4.75. The molecule has 1 aromatic carbocycles. The Balaban J connectivity index is 2.11.